The van der Waals surface area contributed by atoms with Crippen LogP contribution in [0.25, 0.3) is 93.9 Å². The van der Waals surface area contributed by atoms with E-state index >= 15 is 0 Å². The van der Waals surface area contributed by atoms with Crippen molar-refractivity contribution in [3.05, 3.63) is 243 Å². The van der Waals surface area contributed by atoms with Gasteiger partial charge in [0, 0.05) is 44.2 Å². The van der Waals surface area contributed by atoms with Gasteiger partial charge in [-0.25, -0.2) is 0 Å². The molecule has 0 N–H and O–H groups in total. The van der Waals surface area contributed by atoms with Gasteiger partial charge < -0.3 is 13.9 Å². The minimum Gasteiger partial charge on any atom is -0.456 e. The maximum Gasteiger partial charge on any atom is 0.136 e. The van der Waals surface area contributed by atoms with E-state index in [1.807, 2.05) is 12.1 Å². The molecule has 0 atom stereocenters. The normalized spacial score (nSPS) is 11.5. The molecule has 12 rings (SSSR count). The Morgan fingerprint density at radius 2 is 0.873 bits per heavy atom. The molecular formula is C60H40N2O. The van der Waals surface area contributed by atoms with Crippen molar-refractivity contribution in [2.45, 2.75) is 0 Å². The lowest BCUT2D eigenvalue weighted by Crippen LogP contribution is -2.12. The van der Waals surface area contributed by atoms with Crippen LogP contribution in [-0.2, 0) is 0 Å². The number of hydrogen-bond acceptors (Lipinski definition) is 2. The Balaban J connectivity index is 1.13. The van der Waals surface area contributed by atoms with Crippen LogP contribution >= 0.6 is 0 Å². The number of fused-ring (bicyclic) bond motifs is 6. The Bertz CT molecular complexity index is 3600. The first-order chi connectivity index (χ1) is 31.3. The molecule has 0 amide bonds. The van der Waals surface area contributed by atoms with Gasteiger partial charge in [-0.05, 0) is 99.6 Å². The third kappa shape index (κ3) is 6.21. The van der Waals surface area contributed by atoms with Crippen molar-refractivity contribution in [3.8, 4) is 50.2 Å². The van der Waals surface area contributed by atoms with Crippen molar-refractivity contribution in [1.82, 2.24) is 4.57 Å². The predicted octanol–water partition coefficient (Wildman–Crippen LogP) is 16.8. The van der Waals surface area contributed by atoms with Crippen LogP contribution in [0.15, 0.2) is 247 Å². The van der Waals surface area contributed by atoms with Crippen LogP contribution in [0.4, 0.5) is 17.1 Å². The van der Waals surface area contributed by atoms with Crippen LogP contribution in [0.2, 0.25) is 0 Å². The molecule has 10 aromatic carbocycles. The van der Waals surface area contributed by atoms with Crippen LogP contribution in [0.3, 0.4) is 0 Å². The lowest BCUT2D eigenvalue weighted by atomic mass is 9.87. The second-order valence-electron chi connectivity index (χ2n) is 16.0. The molecule has 3 nitrogen and oxygen atoms in total. The summed E-state index contributed by atoms with van der Waals surface area (Å²) in [6.45, 7) is 0. The number of nitrogens with zero attached hydrogens (tertiary/aromatic N) is 2. The molecule has 0 bridgehead atoms. The van der Waals surface area contributed by atoms with Crippen molar-refractivity contribution < 1.29 is 4.42 Å². The first-order valence-corrected chi connectivity index (χ1v) is 21.5. The third-order valence-corrected chi connectivity index (χ3v) is 12.4. The van der Waals surface area contributed by atoms with E-state index in [9.17, 15) is 0 Å². The zero-order chi connectivity index (χ0) is 41.7. The number of aromatic nitrogens is 1. The van der Waals surface area contributed by atoms with Gasteiger partial charge >= 0.3 is 0 Å². The first kappa shape index (κ1) is 36.5. The molecule has 2 heterocycles. The average molecular weight is 805 g/mol. The highest BCUT2D eigenvalue weighted by molar-refractivity contribution is 6.13. The minimum atomic E-state index is 0.890. The molecule has 63 heavy (non-hydrogen) atoms. The number of rotatable bonds is 8. The number of benzene rings is 10. The summed E-state index contributed by atoms with van der Waals surface area (Å²) in [7, 11) is 0. The summed E-state index contributed by atoms with van der Waals surface area (Å²) in [6.07, 6.45) is 0. The number of anilines is 3. The smallest absolute Gasteiger partial charge is 0.136 e. The Labute approximate surface area is 366 Å². The van der Waals surface area contributed by atoms with Gasteiger partial charge in [0.05, 0.1) is 16.7 Å². The summed E-state index contributed by atoms with van der Waals surface area (Å²) in [5.41, 5.74) is 17.7. The number of hydrogen-bond donors (Lipinski definition) is 0. The predicted molar refractivity (Wildman–Crippen MR) is 264 cm³/mol. The highest BCUT2D eigenvalue weighted by Crippen LogP contribution is 2.49. The maximum atomic E-state index is 6.32. The van der Waals surface area contributed by atoms with E-state index in [0.717, 1.165) is 83.6 Å². The first-order valence-electron chi connectivity index (χ1n) is 21.5. The quantitative estimate of drug-likeness (QED) is 0.153. The van der Waals surface area contributed by atoms with E-state index in [0.29, 0.717) is 0 Å². The molecule has 0 aliphatic heterocycles. The highest BCUT2D eigenvalue weighted by atomic mass is 16.3. The Hall–Kier alpha value is -8.40. The summed E-state index contributed by atoms with van der Waals surface area (Å²) in [5, 5.41) is 4.69. The van der Waals surface area contributed by atoms with Gasteiger partial charge in [-0.3, -0.25) is 0 Å². The summed E-state index contributed by atoms with van der Waals surface area (Å²) in [6, 6.07) is 87.3. The third-order valence-electron chi connectivity index (χ3n) is 12.4. The van der Waals surface area contributed by atoms with Gasteiger partial charge in [0.25, 0.3) is 0 Å². The second kappa shape index (κ2) is 15.3. The summed E-state index contributed by atoms with van der Waals surface area (Å²) in [5.74, 6) is 0. The lowest BCUT2D eigenvalue weighted by molar-refractivity contribution is 0.669. The van der Waals surface area contributed by atoms with Gasteiger partial charge in [0.2, 0.25) is 0 Å². The average Bonchev–Trinajstić information content (AvgIpc) is 3.91. The van der Waals surface area contributed by atoms with E-state index in [2.05, 4.69) is 240 Å². The molecule has 0 spiro atoms. The minimum absolute atomic E-state index is 0.890. The molecule has 12 aromatic rings. The fraction of sp³-hybridized carbons (Fsp3) is 0. The standard InChI is InChI=1S/C60H40N2O/c1-4-18-41(19-5-1)47-24-10-11-26-52(47)59-48(42-20-6-2-7-21-42)28-16-31-55(59)61(45-36-34-43(35-37-45)49-29-17-33-58-60(49)53-27-13-15-32-57(53)63-58)46-38-39-51-50-25-12-14-30-54(50)62(56(51)40-46)44-22-8-3-9-23-44/h1-40H. The molecule has 0 aliphatic rings. The Kier molecular flexibility index (Phi) is 8.83. The molecule has 0 fully saturated rings. The van der Waals surface area contributed by atoms with Crippen LogP contribution in [0.1, 0.15) is 0 Å². The molecule has 2 aromatic heterocycles. The number of furan rings is 1. The van der Waals surface area contributed by atoms with Crippen LogP contribution in [0.5, 0.6) is 0 Å². The number of para-hydroxylation sites is 3. The van der Waals surface area contributed by atoms with Crippen molar-refractivity contribution in [2.24, 2.45) is 0 Å². The van der Waals surface area contributed by atoms with Crippen LogP contribution in [-0.4, -0.2) is 4.57 Å². The summed E-state index contributed by atoms with van der Waals surface area (Å²) < 4.78 is 8.73. The monoisotopic (exact) mass is 804 g/mol. The molecule has 3 heteroatoms. The SMILES string of the molecule is c1ccc(-c2ccccc2-c2c(-c3ccccc3)cccc2N(c2ccc(-c3cccc4oc5ccccc5c34)cc2)c2ccc3c4ccccc4n(-c4ccccc4)c3c2)cc1. The van der Waals surface area contributed by atoms with Crippen molar-refractivity contribution in [2.75, 3.05) is 4.90 Å². The zero-order valence-electron chi connectivity index (χ0n) is 34.4. The van der Waals surface area contributed by atoms with Gasteiger partial charge in [-0.1, -0.05) is 182 Å². The van der Waals surface area contributed by atoms with Crippen LogP contribution in [0, 0.1) is 0 Å². The summed E-state index contributed by atoms with van der Waals surface area (Å²) >= 11 is 0. The van der Waals surface area contributed by atoms with Gasteiger partial charge in [-0.15, -0.1) is 0 Å². The van der Waals surface area contributed by atoms with E-state index in [4.69, 9.17) is 4.42 Å². The fourth-order valence-corrected chi connectivity index (χ4v) is 9.62. The molecule has 0 radical (unpaired) electrons. The molecule has 296 valence electrons. The summed E-state index contributed by atoms with van der Waals surface area (Å²) in [4.78, 5) is 2.45. The Morgan fingerprint density at radius 3 is 1.65 bits per heavy atom. The second-order valence-corrected chi connectivity index (χ2v) is 16.0. The van der Waals surface area contributed by atoms with E-state index in [1.165, 1.54) is 27.4 Å². The van der Waals surface area contributed by atoms with E-state index < -0.39 is 0 Å². The molecule has 0 aliphatic carbocycles. The molecule has 0 saturated heterocycles. The highest BCUT2D eigenvalue weighted by Gasteiger charge is 2.24. The zero-order valence-corrected chi connectivity index (χ0v) is 34.4. The Morgan fingerprint density at radius 1 is 0.333 bits per heavy atom. The molecule has 0 saturated carbocycles. The van der Waals surface area contributed by atoms with Gasteiger partial charge in [-0.2, -0.15) is 0 Å². The fourth-order valence-electron chi connectivity index (χ4n) is 9.62. The largest absolute Gasteiger partial charge is 0.456 e. The van der Waals surface area contributed by atoms with Crippen LogP contribution < -0.4 is 4.90 Å². The van der Waals surface area contributed by atoms with Crippen molar-refractivity contribution in [1.29, 1.82) is 0 Å². The molecular weight excluding hydrogens is 765 g/mol. The lowest BCUT2D eigenvalue weighted by Gasteiger charge is -2.30. The van der Waals surface area contributed by atoms with Gasteiger partial charge in [0.1, 0.15) is 11.2 Å². The van der Waals surface area contributed by atoms with Gasteiger partial charge in [0.15, 0.2) is 0 Å². The van der Waals surface area contributed by atoms with E-state index in [1.54, 1.807) is 0 Å². The molecule has 0 unspecified atom stereocenters. The van der Waals surface area contributed by atoms with Crippen molar-refractivity contribution >= 4 is 60.8 Å². The van der Waals surface area contributed by atoms with E-state index in [-0.39, 0.29) is 0 Å². The topological polar surface area (TPSA) is 21.3 Å². The maximum absolute atomic E-state index is 6.32. The van der Waals surface area contributed by atoms with Crippen molar-refractivity contribution in [3.63, 3.8) is 0 Å².